The molecule has 4 aromatic rings. The topological polar surface area (TPSA) is 72.7 Å². The van der Waals surface area contributed by atoms with Crippen LogP contribution in [-0.4, -0.2) is 22.4 Å². The number of hydrogen-bond donors (Lipinski definition) is 1. The maximum Gasteiger partial charge on any atom is 0.266 e. The fourth-order valence-electron chi connectivity index (χ4n) is 2.94. The molecule has 0 radical (unpaired) electrons. The molecule has 0 saturated heterocycles. The van der Waals surface area contributed by atoms with E-state index in [1.807, 2.05) is 32.0 Å². The molecule has 0 aliphatic heterocycles. The van der Waals surface area contributed by atoms with Crippen LogP contribution in [0.1, 0.15) is 20.8 Å². The quantitative estimate of drug-likeness (QED) is 0.588. The van der Waals surface area contributed by atoms with Gasteiger partial charge in [-0.05, 0) is 49.2 Å². The number of aryl methyl sites for hydroxylation is 2. The third-order valence-electron chi connectivity index (χ3n) is 4.49. The molecule has 136 valence electrons. The lowest BCUT2D eigenvalue weighted by Gasteiger charge is -2.09. The lowest BCUT2D eigenvalue weighted by Crippen LogP contribution is -2.17. The van der Waals surface area contributed by atoms with Gasteiger partial charge in [-0.3, -0.25) is 14.0 Å². The van der Waals surface area contributed by atoms with Crippen LogP contribution in [0.5, 0.6) is 5.75 Å². The number of fused-ring (bicyclic) bond motifs is 3. The molecular weight excluding hydrogens is 362 g/mol. The van der Waals surface area contributed by atoms with Gasteiger partial charge in [0.15, 0.2) is 4.96 Å². The van der Waals surface area contributed by atoms with Crippen LogP contribution in [0, 0.1) is 13.8 Å². The van der Waals surface area contributed by atoms with Crippen molar-refractivity contribution >= 4 is 38.9 Å². The number of methoxy groups -OCH3 is 1. The maximum atomic E-state index is 12.7. The summed E-state index contributed by atoms with van der Waals surface area (Å²) in [5.74, 6) is 0.181. The third kappa shape index (κ3) is 2.96. The van der Waals surface area contributed by atoms with Gasteiger partial charge in [0.2, 0.25) is 0 Å². The Morgan fingerprint density at radius 1 is 1.15 bits per heavy atom. The van der Waals surface area contributed by atoms with Crippen LogP contribution in [0.3, 0.4) is 0 Å². The van der Waals surface area contributed by atoms with Crippen LogP contribution in [-0.2, 0) is 0 Å². The molecule has 0 bridgehead atoms. The standard InChI is InChI=1S/C20H17N3O3S/c1-11-8-14-15(9-12(11)2)23-18(24)10-17(27-20(23)22-14)19(25)21-13-6-4-5-7-16(13)26-3/h4-10H,1-3H3,(H,21,25). The SMILES string of the molecule is COc1ccccc1NC(=O)c1cc(=O)n2c(nc3cc(C)c(C)cc32)s1. The molecule has 2 aromatic heterocycles. The van der Waals surface area contributed by atoms with Crippen molar-refractivity contribution < 1.29 is 9.53 Å². The van der Waals surface area contributed by atoms with E-state index in [2.05, 4.69) is 10.3 Å². The van der Waals surface area contributed by atoms with Crippen LogP contribution < -0.4 is 15.6 Å². The average Bonchev–Trinajstić information content (AvgIpc) is 3.00. The Kier molecular flexibility index (Phi) is 4.16. The second-order valence-electron chi connectivity index (χ2n) is 6.26. The van der Waals surface area contributed by atoms with Gasteiger partial charge in [-0.15, -0.1) is 0 Å². The van der Waals surface area contributed by atoms with E-state index in [0.717, 1.165) is 22.2 Å². The highest BCUT2D eigenvalue weighted by Gasteiger charge is 2.16. The summed E-state index contributed by atoms with van der Waals surface area (Å²) in [5, 5.41) is 2.79. The van der Waals surface area contributed by atoms with Crippen molar-refractivity contribution in [3.05, 3.63) is 68.8 Å². The Morgan fingerprint density at radius 2 is 1.89 bits per heavy atom. The molecule has 7 heteroatoms. The number of imidazole rings is 1. The smallest absolute Gasteiger partial charge is 0.266 e. The molecule has 4 rings (SSSR count). The van der Waals surface area contributed by atoms with E-state index < -0.39 is 0 Å². The minimum Gasteiger partial charge on any atom is -0.495 e. The van der Waals surface area contributed by atoms with Crippen molar-refractivity contribution in [3.8, 4) is 5.75 Å². The number of carbonyl (C=O) groups excluding carboxylic acids is 1. The van der Waals surface area contributed by atoms with E-state index in [4.69, 9.17) is 4.74 Å². The lowest BCUT2D eigenvalue weighted by molar-refractivity contribution is 0.103. The Morgan fingerprint density at radius 3 is 2.67 bits per heavy atom. The highest BCUT2D eigenvalue weighted by Crippen LogP contribution is 2.26. The summed E-state index contributed by atoms with van der Waals surface area (Å²) in [4.78, 5) is 30.7. The Bertz CT molecular complexity index is 1260. The summed E-state index contributed by atoms with van der Waals surface area (Å²) in [6, 6.07) is 12.4. The van der Waals surface area contributed by atoms with E-state index in [0.29, 0.717) is 21.3 Å². The molecule has 0 aliphatic carbocycles. The Labute approximate surface area is 159 Å². The minimum absolute atomic E-state index is 0.278. The molecule has 6 nitrogen and oxygen atoms in total. The van der Waals surface area contributed by atoms with Gasteiger partial charge < -0.3 is 10.1 Å². The molecule has 0 unspecified atom stereocenters. The van der Waals surface area contributed by atoms with Gasteiger partial charge >= 0.3 is 0 Å². The Balaban J connectivity index is 1.80. The number of benzene rings is 2. The highest BCUT2D eigenvalue weighted by molar-refractivity contribution is 7.18. The number of ether oxygens (including phenoxy) is 1. The van der Waals surface area contributed by atoms with Gasteiger partial charge in [0.25, 0.3) is 11.5 Å². The predicted molar refractivity (Wildman–Crippen MR) is 107 cm³/mol. The first-order valence-electron chi connectivity index (χ1n) is 8.36. The van der Waals surface area contributed by atoms with Gasteiger partial charge in [-0.1, -0.05) is 23.5 Å². The van der Waals surface area contributed by atoms with Gasteiger partial charge in [-0.25, -0.2) is 4.98 Å². The van der Waals surface area contributed by atoms with E-state index in [9.17, 15) is 9.59 Å². The van der Waals surface area contributed by atoms with Crippen molar-refractivity contribution in [1.29, 1.82) is 0 Å². The average molecular weight is 379 g/mol. The second-order valence-corrected chi connectivity index (χ2v) is 7.27. The van der Waals surface area contributed by atoms with Gasteiger partial charge in [-0.2, -0.15) is 0 Å². The zero-order valence-electron chi connectivity index (χ0n) is 15.1. The number of carbonyl (C=O) groups is 1. The first kappa shape index (κ1) is 17.2. The molecule has 0 fully saturated rings. The van der Waals surface area contributed by atoms with Crippen LogP contribution in [0.4, 0.5) is 5.69 Å². The number of nitrogens with zero attached hydrogens (tertiary/aromatic N) is 2. The maximum absolute atomic E-state index is 12.7. The van der Waals surface area contributed by atoms with Crippen molar-refractivity contribution in [3.63, 3.8) is 0 Å². The number of hydrogen-bond acceptors (Lipinski definition) is 5. The van der Waals surface area contributed by atoms with Crippen LogP contribution in [0.2, 0.25) is 0 Å². The number of rotatable bonds is 3. The second kappa shape index (κ2) is 6.51. The molecule has 27 heavy (non-hydrogen) atoms. The summed E-state index contributed by atoms with van der Waals surface area (Å²) in [5.41, 5.74) is 3.97. The Hall–Kier alpha value is -3.19. The molecule has 2 aromatic carbocycles. The number of anilines is 1. The normalized spacial score (nSPS) is 11.1. The lowest BCUT2D eigenvalue weighted by atomic mass is 10.1. The predicted octanol–water partition coefficient (Wildman–Crippen LogP) is 3.79. The molecule has 0 atom stereocenters. The number of para-hydroxylation sites is 2. The zero-order valence-corrected chi connectivity index (χ0v) is 15.9. The van der Waals surface area contributed by atoms with Crippen LogP contribution >= 0.6 is 11.3 Å². The van der Waals surface area contributed by atoms with Crippen LogP contribution in [0.15, 0.2) is 47.3 Å². The first-order valence-corrected chi connectivity index (χ1v) is 9.17. The van der Waals surface area contributed by atoms with E-state index in [-0.39, 0.29) is 11.5 Å². The molecule has 0 aliphatic rings. The number of amides is 1. The van der Waals surface area contributed by atoms with Crippen molar-refractivity contribution in [2.75, 3.05) is 12.4 Å². The van der Waals surface area contributed by atoms with E-state index >= 15 is 0 Å². The fraction of sp³-hybridized carbons (Fsp3) is 0.150. The van der Waals surface area contributed by atoms with E-state index in [1.165, 1.54) is 24.5 Å². The summed E-state index contributed by atoms with van der Waals surface area (Å²) in [6.45, 7) is 4.00. The van der Waals surface area contributed by atoms with Crippen LogP contribution in [0.25, 0.3) is 16.0 Å². The fourth-order valence-corrected chi connectivity index (χ4v) is 3.86. The zero-order chi connectivity index (χ0) is 19.1. The summed E-state index contributed by atoms with van der Waals surface area (Å²) >= 11 is 1.18. The minimum atomic E-state index is -0.372. The van der Waals surface area contributed by atoms with Crippen molar-refractivity contribution in [2.45, 2.75) is 13.8 Å². The summed E-state index contributed by atoms with van der Waals surface area (Å²) in [7, 11) is 1.54. The van der Waals surface area contributed by atoms with Gasteiger partial charge in [0.05, 0.1) is 23.8 Å². The molecular formula is C20H17N3O3S. The number of aromatic nitrogens is 2. The monoisotopic (exact) mass is 379 g/mol. The highest BCUT2D eigenvalue weighted by atomic mass is 32.1. The van der Waals surface area contributed by atoms with Gasteiger partial charge in [0, 0.05) is 6.07 Å². The molecule has 2 heterocycles. The summed E-state index contributed by atoms with van der Waals surface area (Å²) in [6.07, 6.45) is 0. The number of nitrogens with one attached hydrogen (secondary N) is 1. The molecule has 1 N–H and O–H groups in total. The van der Waals surface area contributed by atoms with Gasteiger partial charge in [0.1, 0.15) is 10.6 Å². The third-order valence-corrected chi connectivity index (χ3v) is 5.47. The van der Waals surface area contributed by atoms with Crippen molar-refractivity contribution in [1.82, 2.24) is 9.38 Å². The van der Waals surface area contributed by atoms with E-state index in [1.54, 1.807) is 22.6 Å². The summed E-state index contributed by atoms with van der Waals surface area (Å²) < 4.78 is 6.80. The molecule has 0 spiro atoms. The van der Waals surface area contributed by atoms with Crippen molar-refractivity contribution in [2.24, 2.45) is 0 Å². The molecule has 0 saturated carbocycles. The molecule has 1 amide bonds. The first-order chi connectivity index (χ1) is 13.0. The largest absolute Gasteiger partial charge is 0.495 e.